The minimum Gasteiger partial charge on any atom is -0.507 e. The summed E-state index contributed by atoms with van der Waals surface area (Å²) in [5.74, 6) is -1.71. The number of rotatable bonds is 5. The van der Waals surface area contributed by atoms with E-state index >= 15 is 4.39 Å². The number of carbonyl (C=O) groups is 1. The first-order valence-corrected chi connectivity index (χ1v) is 14.1. The number of phenolic OH excluding ortho intramolecular Hbond substituents is 1. The molecule has 0 bridgehead atoms. The molecule has 0 radical (unpaired) electrons. The monoisotopic (exact) mass is 566 g/mol. The van der Waals surface area contributed by atoms with Crippen LogP contribution >= 0.6 is 0 Å². The number of nitrogens with one attached hydrogen (secondary N) is 1. The second-order valence-electron chi connectivity index (χ2n) is 11.2. The zero-order valence-corrected chi connectivity index (χ0v) is 24.0. The Kier molecular flexibility index (Phi) is 7.83. The van der Waals surface area contributed by atoms with Gasteiger partial charge in [0.25, 0.3) is 0 Å². The van der Waals surface area contributed by atoms with Crippen molar-refractivity contribution in [3.05, 3.63) is 58.0 Å². The summed E-state index contributed by atoms with van der Waals surface area (Å²) < 4.78 is 32.2. The summed E-state index contributed by atoms with van der Waals surface area (Å²) in [7, 11) is 0. The number of amides is 1. The average molecular weight is 567 g/mol. The molecule has 0 unspecified atom stereocenters. The van der Waals surface area contributed by atoms with Crippen LogP contribution in [0.3, 0.4) is 0 Å². The second kappa shape index (κ2) is 11.2. The van der Waals surface area contributed by atoms with Gasteiger partial charge in [0.2, 0.25) is 5.91 Å². The summed E-state index contributed by atoms with van der Waals surface area (Å²) in [4.78, 5) is 39.0. The number of pyridine rings is 1. The maximum absolute atomic E-state index is 15.8. The number of hydrogen-bond donors (Lipinski definition) is 2. The Bertz CT molecular complexity index is 1570. The van der Waals surface area contributed by atoms with Crippen LogP contribution in [0, 0.1) is 17.6 Å². The molecule has 2 aliphatic rings. The van der Waals surface area contributed by atoms with Gasteiger partial charge in [-0.3, -0.25) is 9.36 Å². The third kappa shape index (κ3) is 5.07. The topological polar surface area (TPSA) is 104 Å². The number of piperazine rings is 1. The third-order valence-corrected chi connectivity index (χ3v) is 8.20. The molecular formula is C30H36F2N6O3. The lowest BCUT2D eigenvalue weighted by molar-refractivity contribution is -0.131. The van der Waals surface area contributed by atoms with Crippen LogP contribution in [0.5, 0.6) is 5.75 Å². The van der Waals surface area contributed by atoms with Gasteiger partial charge in [0, 0.05) is 44.7 Å². The first-order chi connectivity index (χ1) is 19.5. The van der Waals surface area contributed by atoms with Crippen molar-refractivity contribution in [3.63, 3.8) is 0 Å². The van der Waals surface area contributed by atoms with Crippen molar-refractivity contribution in [1.82, 2.24) is 24.8 Å². The second-order valence-corrected chi connectivity index (χ2v) is 11.2. The minimum absolute atomic E-state index is 0.0403. The fraction of sp³-hybridized carbons (Fsp3) is 0.467. The summed E-state index contributed by atoms with van der Waals surface area (Å²) >= 11 is 0. The highest BCUT2D eigenvalue weighted by Crippen LogP contribution is 2.37. The lowest BCUT2D eigenvalue weighted by Gasteiger charge is -2.41. The number of fused-ring (bicyclic) bond motifs is 1. The lowest BCUT2D eigenvalue weighted by atomic mass is 9.88. The maximum atomic E-state index is 15.8. The Morgan fingerprint density at radius 1 is 1.20 bits per heavy atom. The molecule has 3 atom stereocenters. The molecule has 2 aromatic heterocycles. The highest BCUT2D eigenvalue weighted by Gasteiger charge is 2.35. The summed E-state index contributed by atoms with van der Waals surface area (Å²) in [5.41, 5.74) is -0.260. The third-order valence-electron chi connectivity index (χ3n) is 8.20. The standard InChI is InChI=1S/C30H36F2N6O3/c1-6-23(40)36-12-13-37(18(5)15-36)28-19-14-21(32)26(24-20(31)8-7-9-22(24)39)34-29(19)38(30(41)35-28)27-17(4)10-11-33-25(27)16(2)3/h7-10,14,16,18,25,27,33,39H,6,11-13,15H2,1-5H3/t18-,25-,27-/m0/s1. The molecule has 9 nitrogen and oxygen atoms in total. The normalized spacial score (nSPS) is 21.5. The van der Waals surface area contributed by atoms with Gasteiger partial charge in [-0.05, 0) is 38.0 Å². The van der Waals surface area contributed by atoms with Gasteiger partial charge in [0.15, 0.2) is 5.82 Å². The Morgan fingerprint density at radius 2 is 1.95 bits per heavy atom. The molecule has 2 N–H and O–H groups in total. The van der Waals surface area contributed by atoms with Crippen molar-refractivity contribution in [2.45, 2.75) is 59.2 Å². The Balaban J connectivity index is 1.78. The molecule has 11 heteroatoms. The predicted octanol–water partition coefficient (Wildman–Crippen LogP) is 4.00. The molecule has 41 heavy (non-hydrogen) atoms. The number of aromatic hydroxyl groups is 1. The van der Waals surface area contributed by atoms with Gasteiger partial charge in [-0.25, -0.2) is 18.6 Å². The molecule has 0 saturated carbocycles. The van der Waals surface area contributed by atoms with Gasteiger partial charge in [-0.2, -0.15) is 4.98 Å². The van der Waals surface area contributed by atoms with Crippen LogP contribution < -0.4 is 15.9 Å². The Morgan fingerprint density at radius 3 is 2.61 bits per heavy atom. The van der Waals surface area contributed by atoms with E-state index in [0.717, 1.165) is 11.6 Å². The van der Waals surface area contributed by atoms with Gasteiger partial charge >= 0.3 is 5.69 Å². The van der Waals surface area contributed by atoms with E-state index in [1.165, 1.54) is 22.8 Å². The number of aromatic nitrogens is 3. The first-order valence-electron chi connectivity index (χ1n) is 14.1. The van der Waals surface area contributed by atoms with E-state index in [-0.39, 0.29) is 40.9 Å². The van der Waals surface area contributed by atoms with Crippen LogP contribution in [0.2, 0.25) is 0 Å². The van der Waals surface area contributed by atoms with Gasteiger partial charge in [0.1, 0.15) is 28.7 Å². The van der Waals surface area contributed by atoms with Crippen molar-refractivity contribution in [2.75, 3.05) is 31.1 Å². The smallest absolute Gasteiger partial charge is 0.351 e. The fourth-order valence-electron chi connectivity index (χ4n) is 6.07. The van der Waals surface area contributed by atoms with Crippen LogP contribution in [0.15, 0.2) is 40.7 Å². The average Bonchev–Trinajstić information content (AvgIpc) is 2.93. The van der Waals surface area contributed by atoms with E-state index in [9.17, 15) is 19.1 Å². The molecule has 0 spiro atoms. The number of nitrogens with zero attached hydrogens (tertiary/aromatic N) is 5. The highest BCUT2D eigenvalue weighted by atomic mass is 19.1. The summed E-state index contributed by atoms with van der Waals surface area (Å²) in [6.45, 7) is 11.7. The lowest BCUT2D eigenvalue weighted by Crippen LogP contribution is -2.54. The largest absolute Gasteiger partial charge is 0.507 e. The van der Waals surface area contributed by atoms with E-state index in [1.807, 2.05) is 45.6 Å². The summed E-state index contributed by atoms with van der Waals surface area (Å²) in [5, 5.41) is 14.2. The van der Waals surface area contributed by atoms with Crippen LogP contribution in [-0.2, 0) is 4.79 Å². The maximum Gasteiger partial charge on any atom is 0.351 e. The zero-order valence-electron chi connectivity index (χ0n) is 24.0. The van der Waals surface area contributed by atoms with E-state index in [1.54, 1.807) is 4.90 Å². The van der Waals surface area contributed by atoms with E-state index in [4.69, 9.17) is 0 Å². The van der Waals surface area contributed by atoms with Crippen molar-refractivity contribution in [2.24, 2.45) is 5.92 Å². The van der Waals surface area contributed by atoms with Gasteiger partial charge in [-0.15, -0.1) is 0 Å². The number of halogens is 2. The molecule has 4 heterocycles. The minimum atomic E-state index is -0.854. The highest BCUT2D eigenvalue weighted by molar-refractivity contribution is 5.90. The Hall–Kier alpha value is -3.86. The number of carbonyl (C=O) groups excluding carboxylic acids is 1. The fourth-order valence-corrected chi connectivity index (χ4v) is 6.07. The van der Waals surface area contributed by atoms with E-state index in [2.05, 4.69) is 15.3 Å². The summed E-state index contributed by atoms with van der Waals surface area (Å²) in [6, 6.07) is 4.11. The molecule has 218 valence electrons. The molecular weight excluding hydrogens is 530 g/mol. The first kappa shape index (κ1) is 28.7. The van der Waals surface area contributed by atoms with E-state index < -0.39 is 34.8 Å². The molecule has 1 aromatic carbocycles. The van der Waals surface area contributed by atoms with Crippen molar-refractivity contribution < 1.29 is 18.7 Å². The van der Waals surface area contributed by atoms with Gasteiger partial charge in [-0.1, -0.05) is 38.5 Å². The van der Waals surface area contributed by atoms with Crippen molar-refractivity contribution in [3.8, 4) is 17.0 Å². The molecule has 0 aliphatic carbocycles. The number of phenols is 1. The van der Waals surface area contributed by atoms with Crippen LogP contribution in [0.25, 0.3) is 22.3 Å². The number of benzene rings is 1. The SMILES string of the molecule is CCC(=O)N1CCN(c2nc(=O)n([C@H]3C(C)=CCN[C@H]3C(C)C)c3nc(-c4c(O)cccc4F)c(F)cc23)[C@@H](C)C1. The number of hydrogen-bond acceptors (Lipinski definition) is 7. The molecule has 1 saturated heterocycles. The number of anilines is 1. The summed E-state index contributed by atoms with van der Waals surface area (Å²) in [6.07, 6.45) is 2.39. The molecule has 3 aromatic rings. The van der Waals surface area contributed by atoms with Crippen LogP contribution in [0.1, 0.15) is 47.1 Å². The molecule has 1 fully saturated rings. The molecule has 1 amide bonds. The van der Waals surface area contributed by atoms with Crippen LogP contribution in [-0.4, -0.2) is 68.7 Å². The van der Waals surface area contributed by atoms with Gasteiger partial charge < -0.3 is 20.2 Å². The quantitative estimate of drug-likeness (QED) is 0.450. The zero-order chi connectivity index (χ0) is 29.6. The Labute approximate surface area is 237 Å². The van der Waals surface area contributed by atoms with E-state index in [0.29, 0.717) is 38.0 Å². The van der Waals surface area contributed by atoms with Crippen molar-refractivity contribution in [1.29, 1.82) is 0 Å². The predicted molar refractivity (Wildman–Crippen MR) is 154 cm³/mol. The van der Waals surface area contributed by atoms with Gasteiger partial charge in [0.05, 0.1) is 17.0 Å². The molecule has 2 aliphatic heterocycles. The molecule has 5 rings (SSSR count). The van der Waals surface area contributed by atoms with Crippen molar-refractivity contribution >= 4 is 22.8 Å². The van der Waals surface area contributed by atoms with Crippen LogP contribution in [0.4, 0.5) is 14.6 Å².